The Morgan fingerprint density at radius 3 is 0.295 bits per heavy atom. The molecular formula is C127H184O12. The maximum Gasteiger partial charge on any atom is 0.159 e. The molecule has 15 rings (SSSR count). The number of benzene rings is 15. The van der Waals surface area contributed by atoms with Crippen molar-refractivity contribution in [1.29, 1.82) is 0 Å². The summed E-state index contributed by atoms with van der Waals surface area (Å²) >= 11 is 0. The van der Waals surface area contributed by atoms with Crippen LogP contribution >= 0.6 is 0 Å². The Morgan fingerprint density at radius 1 is 0.144 bits per heavy atom. The molecule has 0 unspecified atom stereocenters. The van der Waals surface area contributed by atoms with Gasteiger partial charge in [0.2, 0.25) is 0 Å². The molecule has 12 nitrogen and oxygen atoms in total. The van der Waals surface area contributed by atoms with Crippen LogP contribution in [0.5, 0.6) is 23.0 Å². The number of ether oxygens (including phenoxy) is 10. The number of ketones is 2. The number of Topliss-reactive ketones (excluding diaryl/α,β-unsaturated/α-hetero) is 2. The molecule has 0 heterocycles. The van der Waals surface area contributed by atoms with Crippen molar-refractivity contribution < 1.29 is 57.0 Å². The van der Waals surface area contributed by atoms with E-state index in [-0.39, 0.29) is 11.6 Å². The van der Waals surface area contributed by atoms with Crippen LogP contribution in [-0.2, 0) is 28.4 Å². The molecule has 0 saturated heterocycles. The summed E-state index contributed by atoms with van der Waals surface area (Å²) < 4.78 is 45.2. The lowest BCUT2D eigenvalue weighted by atomic mass is 10.1. The molecule has 0 saturated carbocycles. The lowest BCUT2D eigenvalue weighted by molar-refractivity contribution is 0.100. The van der Waals surface area contributed by atoms with Gasteiger partial charge in [-0.05, 0) is 122 Å². The van der Waals surface area contributed by atoms with Crippen molar-refractivity contribution in [3.05, 3.63) is 493 Å². The maximum absolute atomic E-state index is 10.6. The zero-order chi connectivity index (χ0) is 108. The quantitative estimate of drug-likeness (QED) is 0.147. The molecule has 0 aromatic heterocycles. The van der Waals surface area contributed by atoms with Gasteiger partial charge in [0.15, 0.2) is 11.6 Å². The highest BCUT2D eigenvalue weighted by atomic mass is 16.5. The highest BCUT2D eigenvalue weighted by Gasteiger charge is 1.95. The van der Waals surface area contributed by atoms with Gasteiger partial charge >= 0.3 is 0 Å². The van der Waals surface area contributed by atoms with Crippen LogP contribution in [0.15, 0.2) is 443 Å². The topological polar surface area (TPSA) is 126 Å². The van der Waals surface area contributed by atoms with E-state index < -0.39 is 0 Å². The van der Waals surface area contributed by atoms with E-state index in [0.717, 1.165) is 34.1 Å². The van der Waals surface area contributed by atoms with Gasteiger partial charge in [-0.15, -0.1) is 0 Å². The summed E-state index contributed by atoms with van der Waals surface area (Å²) in [7, 11) is 26.1. The molecule has 15 aromatic carbocycles. The molecule has 0 N–H and O–H groups in total. The Balaban J connectivity index is -0.000000138. The molecule has 0 bridgehead atoms. The number of carbonyl (C=O) groups is 2. The van der Waals surface area contributed by atoms with E-state index in [1.807, 2.05) is 392 Å². The van der Waals surface area contributed by atoms with Gasteiger partial charge in [0.05, 0.1) is 28.4 Å². The highest BCUT2D eigenvalue weighted by molar-refractivity contribution is 5.94. The molecule has 0 fully saturated rings. The Labute approximate surface area is 849 Å². The van der Waals surface area contributed by atoms with Crippen molar-refractivity contribution in [3.63, 3.8) is 0 Å². The number of methoxy groups -OCH3 is 10. The fraction of sp³-hybridized carbons (Fsp3) is 0.291. The maximum atomic E-state index is 10.6. The average molecular weight is 1900 g/mol. The third-order valence-corrected chi connectivity index (χ3v) is 14.5. The third-order valence-electron chi connectivity index (χ3n) is 14.5. The summed E-state index contributed by atoms with van der Waals surface area (Å²) in [5.41, 5.74) is 10.8. The van der Waals surface area contributed by atoms with Crippen LogP contribution in [0.4, 0.5) is 0 Å². The predicted octanol–water partition coefficient (Wildman–Crippen LogP) is 35.1. The number of rotatable bonds is 6. The van der Waals surface area contributed by atoms with Gasteiger partial charge in [0, 0.05) is 96.4 Å². The first-order chi connectivity index (χ1) is 67.5. The van der Waals surface area contributed by atoms with Gasteiger partial charge in [-0.2, -0.15) is 0 Å². The molecule has 764 valence electrons. The van der Waals surface area contributed by atoms with Gasteiger partial charge in [0.25, 0.3) is 0 Å². The summed E-state index contributed by atoms with van der Waals surface area (Å²) in [4.78, 5) is 21.3. The molecule has 0 radical (unpaired) electrons. The van der Waals surface area contributed by atoms with E-state index in [0.29, 0.717) is 0 Å². The molecular weight excluding hydrogens is 1720 g/mol. The molecule has 0 aliphatic rings. The minimum Gasteiger partial charge on any atom is -0.497 e. The second kappa shape index (κ2) is 131. The number of aryl methyl sites for hydroxylation is 7. The highest BCUT2D eigenvalue weighted by Crippen LogP contribution is 2.13. The van der Waals surface area contributed by atoms with Crippen molar-refractivity contribution in [2.45, 2.75) is 145 Å². The van der Waals surface area contributed by atoms with Crippen molar-refractivity contribution in [3.8, 4) is 23.0 Å². The van der Waals surface area contributed by atoms with Crippen LogP contribution in [0.2, 0.25) is 0 Å². The number of hydrogen-bond donors (Lipinski definition) is 0. The fourth-order valence-corrected chi connectivity index (χ4v) is 8.45. The van der Waals surface area contributed by atoms with Gasteiger partial charge in [-0.3, -0.25) is 9.59 Å². The number of hydrogen-bond acceptors (Lipinski definition) is 12. The lowest BCUT2D eigenvalue weighted by Gasteiger charge is -1.93. The van der Waals surface area contributed by atoms with E-state index >= 15 is 0 Å². The molecule has 0 aliphatic heterocycles. The van der Waals surface area contributed by atoms with E-state index in [1.165, 1.54) is 49.7 Å². The number of fused-ring (bicyclic) bond motifs is 1. The van der Waals surface area contributed by atoms with Gasteiger partial charge in [-0.1, -0.05) is 516 Å². The monoisotopic (exact) mass is 1900 g/mol. The minimum absolute atomic E-state index is 0.121. The summed E-state index contributed by atoms with van der Waals surface area (Å²) in [6, 6.07) is 146. The largest absolute Gasteiger partial charge is 0.497 e. The van der Waals surface area contributed by atoms with Crippen molar-refractivity contribution in [2.75, 3.05) is 114 Å². The molecule has 0 amide bonds. The average Bonchev–Trinajstić information content (AvgIpc) is 0.869. The van der Waals surface area contributed by atoms with Crippen LogP contribution in [0.25, 0.3) is 10.8 Å². The first kappa shape index (κ1) is 149. The molecule has 15 aromatic rings. The summed E-state index contributed by atoms with van der Waals surface area (Å²) in [5.74, 6) is 3.88. The zero-order valence-electron chi connectivity index (χ0n) is 92.5. The predicted molar refractivity (Wildman–Crippen MR) is 613 cm³/mol. The first-order valence-electron chi connectivity index (χ1n) is 47.0. The van der Waals surface area contributed by atoms with Gasteiger partial charge in [0.1, 0.15) is 23.0 Å². The fourth-order valence-electron chi connectivity index (χ4n) is 8.45. The van der Waals surface area contributed by atoms with Crippen LogP contribution in [0, 0.1) is 48.5 Å². The molecule has 0 spiro atoms. The van der Waals surface area contributed by atoms with Crippen LogP contribution in [0.3, 0.4) is 0 Å². The van der Waals surface area contributed by atoms with Crippen LogP contribution in [-0.4, -0.2) is 125 Å². The molecule has 139 heavy (non-hydrogen) atoms. The number of para-hydroxylation sites is 4. The first-order valence-corrected chi connectivity index (χ1v) is 47.0. The number of carbonyl (C=O) groups excluding carboxylic acids is 2. The second-order valence-electron chi connectivity index (χ2n) is 26.3. The molecule has 0 atom stereocenters. The molecule has 0 aliphatic carbocycles. The van der Waals surface area contributed by atoms with Crippen LogP contribution in [0.1, 0.15) is 157 Å². The van der Waals surface area contributed by atoms with Gasteiger partial charge < -0.3 is 47.4 Å². The normalized spacial score (nSPS) is 7.98. The smallest absolute Gasteiger partial charge is 0.159 e. The van der Waals surface area contributed by atoms with Gasteiger partial charge in [-0.25, -0.2) is 0 Å². The van der Waals surface area contributed by atoms with Crippen molar-refractivity contribution >= 4 is 22.3 Å². The van der Waals surface area contributed by atoms with E-state index in [2.05, 4.69) is 210 Å². The summed E-state index contributed by atoms with van der Waals surface area (Å²) in [6.07, 6.45) is 0. The lowest BCUT2D eigenvalue weighted by Crippen LogP contribution is -1.88. The zero-order valence-corrected chi connectivity index (χ0v) is 92.5. The minimum atomic E-state index is 0.121. The Kier molecular flexibility index (Phi) is 140. The Bertz CT molecular complexity index is 3960. The van der Waals surface area contributed by atoms with E-state index in [9.17, 15) is 9.59 Å². The SMILES string of the molecule is CC.CC.CC.CC.CC.CC.CC(=O)c1ccccc1.CC(=O)c1ccccc1.COC.COC.COC.COC.COC.COC.COc1ccccc1.COc1ccccc1.COc1ccccc1.COc1ccccc1.Cc1ccccc1.Cc1ccccc1.Cc1ccccc1.Cc1ccccc1.Cc1ccccc1.Cc1ccccc1.Cc1ccccc1.c1ccc2ccccc2c1. The summed E-state index contributed by atoms with van der Waals surface area (Å²) in [5, 5.41) is 2.62. The molecule has 12 heteroatoms. The summed E-state index contributed by atoms with van der Waals surface area (Å²) in [6.45, 7) is 41.7. The van der Waals surface area contributed by atoms with Crippen molar-refractivity contribution in [1.82, 2.24) is 0 Å². The second-order valence-corrected chi connectivity index (χ2v) is 26.3. The Hall–Kier alpha value is -13.1. The van der Waals surface area contributed by atoms with Crippen molar-refractivity contribution in [2.24, 2.45) is 0 Å². The van der Waals surface area contributed by atoms with E-state index in [1.54, 1.807) is 128 Å². The third kappa shape index (κ3) is 121. The standard InChI is InChI=1S/C10H8.2C8H8O.4C7H8O.7C7H8.6C2H6O.6C2H6/c1-2-6-10-8-4-3-7-9(10)5-1;2*1-7(9)8-5-3-2-4-6-8;4*1-8-7-5-3-2-4-6-7;7*1-7-5-3-2-4-6-7;6*1-3-2;6*1-2/h1-8H;2*2-6H,1H3;4*2-6H,1H3;7*2-6H,1H3;6*1-2H3;6*1-2H3. The van der Waals surface area contributed by atoms with E-state index in [4.69, 9.17) is 18.9 Å². The Morgan fingerprint density at radius 2 is 0.230 bits per heavy atom. The van der Waals surface area contributed by atoms with Crippen LogP contribution < -0.4 is 18.9 Å².